The van der Waals surface area contributed by atoms with Gasteiger partial charge >= 0.3 is 0 Å². The Morgan fingerprint density at radius 3 is 2.00 bits per heavy atom. The fourth-order valence-electron chi connectivity index (χ4n) is 6.96. The van der Waals surface area contributed by atoms with Crippen molar-refractivity contribution in [2.24, 2.45) is 4.99 Å². The molecule has 3 heterocycles. The summed E-state index contributed by atoms with van der Waals surface area (Å²) in [6.45, 7) is 0. The third kappa shape index (κ3) is 4.57. The quantitative estimate of drug-likeness (QED) is 0.196. The maximum atomic E-state index is 6.59. The number of aliphatic imine (C=N–C) groups is 1. The van der Waals surface area contributed by atoms with Crippen LogP contribution in [0.2, 0.25) is 0 Å². The highest BCUT2D eigenvalue weighted by Gasteiger charge is 2.25. The van der Waals surface area contributed by atoms with Crippen molar-refractivity contribution in [2.45, 2.75) is 6.04 Å². The summed E-state index contributed by atoms with van der Waals surface area (Å²) in [5, 5.41) is 3.40. The Balaban J connectivity index is 1.16. The summed E-state index contributed by atoms with van der Waals surface area (Å²) in [4.78, 5) is 7.49. The van der Waals surface area contributed by atoms with Crippen LogP contribution in [0.4, 0.5) is 0 Å². The summed E-state index contributed by atoms with van der Waals surface area (Å²) in [5.41, 5.74) is 9.74. The van der Waals surface area contributed by atoms with Gasteiger partial charge in [0.05, 0.1) is 28.2 Å². The SMILES string of the molecule is CN1C(c2ccc(-n3c4ccccc4c4c5oc(-c6ccccc6)cc5ccc43)cc2)=NC(c2ccccc2)=CC1c1ccccc1. The number of likely N-dealkylation sites (N-methyl/N-ethyl adjacent to an activating group) is 1. The van der Waals surface area contributed by atoms with E-state index in [9.17, 15) is 0 Å². The first-order valence-corrected chi connectivity index (χ1v) is 16.0. The topological polar surface area (TPSA) is 33.7 Å². The third-order valence-corrected chi connectivity index (χ3v) is 9.27. The molecule has 4 nitrogen and oxygen atoms in total. The minimum atomic E-state index is 0.0624. The molecule has 0 saturated carbocycles. The van der Waals surface area contributed by atoms with Crippen LogP contribution in [0.3, 0.4) is 0 Å². The van der Waals surface area contributed by atoms with Gasteiger partial charge in [-0.3, -0.25) is 0 Å². The van der Waals surface area contributed by atoms with Gasteiger partial charge in [-0.05, 0) is 65.7 Å². The van der Waals surface area contributed by atoms with E-state index in [2.05, 4.69) is 156 Å². The molecule has 1 aliphatic heterocycles. The molecule has 0 amide bonds. The summed E-state index contributed by atoms with van der Waals surface area (Å²) < 4.78 is 8.93. The van der Waals surface area contributed by atoms with Gasteiger partial charge in [0.2, 0.25) is 0 Å². The first-order valence-electron chi connectivity index (χ1n) is 16.0. The molecule has 0 saturated heterocycles. The summed E-state index contributed by atoms with van der Waals surface area (Å²) >= 11 is 0. The first kappa shape index (κ1) is 27.2. The lowest BCUT2D eigenvalue weighted by atomic mass is 9.99. The van der Waals surface area contributed by atoms with Gasteiger partial charge in [0, 0.05) is 34.6 Å². The van der Waals surface area contributed by atoms with Crippen LogP contribution in [0.15, 0.2) is 173 Å². The molecule has 9 rings (SSSR count). The van der Waals surface area contributed by atoms with Gasteiger partial charge in [-0.25, -0.2) is 4.99 Å². The lowest BCUT2D eigenvalue weighted by Crippen LogP contribution is -2.33. The maximum Gasteiger partial charge on any atom is 0.144 e. The van der Waals surface area contributed by atoms with Crippen LogP contribution in [-0.2, 0) is 0 Å². The molecule has 224 valence electrons. The number of hydrogen-bond acceptors (Lipinski definition) is 3. The van der Waals surface area contributed by atoms with Crippen molar-refractivity contribution < 1.29 is 4.42 Å². The number of furan rings is 1. The van der Waals surface area contributed by atoms with Gasteiger partial charge in [-0.1, -0.05) is 109 Å². The molecule has 8 aromatic rings. The molecule has 0 aliphatic carbocycles. The van der Waals surface area contributed by atoms with Crippen molar-refractivity contribution in [3.63, 3.8) is 0 Å². The number of nitrogens with zero attached hydrogens (tertiary/aromatic N) is 3. The van der Waals surface area contributed by atoms with Gasteiger partial charge in [0.1, 0.15) is 17.2 Å². The van der Waals surface area contributed by atoms with E-state index in [-0.39, 0.29) is 6.04 Å². The van der Waals surface area contributed by atoms with E-state index in [1.807, 2.05) is 24.3 Å². The zero-order valence-electron chi connectivity index (χ0n) is 25.9. The number of amidine groups is 1. The number of rotatable bonds is 5. The van der Waals surface area contributed by atoms with Gasteiger partial charge in [-0.2, -0.15) is 0 Å². The van der Waals surface area contributed by atoms with Gasteiger partial charge in [-0.15, -0.1) is 0 Å². The van der Waals surface area contributed by atoms with Crippen molar-refractivity contribution in [3.8, 4) is 17.0 Å². The monoisotopic (exact) mass is 605 g/mol. The van der Waals surface area contributed by atoms with E-state index in [1.165, 1.54) is 10.9 Å². The molecule has 1 unspecified atom stereocenters. The zero-order chi connectivity index (χ0) is 31.3. The number of aromatic nitrogens is 1. The third-order valence-electron chi connectivity index (χ3n) is 9.27. The van der Waals surface area contributed by atoms with Crippen LogP contribution in [-0.4, -0.2) is 22.4 Å². The average Bonchev–Trinajstić information content (AvgIpc) is 3.73. The number of para-hydroxylation sites is 1. The summed E-state index contributed by atoms with van der Waals surface area (Å²) in [6.07, 6.45) is 2.26. The van der Waals surface area contributed by atoms with E-state index in [1.54, 1.807) is 0 Å². The molecule has 2 aromatic heterocycles. The molecular formula is C43H31N3O. The maximum absolute atomic E-state index is 6.59. The second-order valence-corrected chi connectivity index (χ2v) is 12.1. The van der Waals surface area contributed by atoms with Crippen LogP contribution in [0.1, 0.15) is 22.7 Å². The van der Waals surface area contributed by atoms with E-state index in [4.69, 9.17) is 9.41 Å². The fraction of sp³-hybridized carbons (Fsp3) is 0.0465. The average molecular weight is 606 g/mol. The van der Waals surface area contributed by atoms with Crippen LogP contribution >= 0.6 is 0 Å². The second-order valence-electron chi connectivity index (χ2n) is 12.1. The van der Waals surface area contributed by atoms with Crippen molar-refractivity contribution in [1.82, 2.24) is 9.47 Å². The molecule has 6 aromatic carbocycles. The van der Waals surface area contributed by atoms with Gasteiger partial charge < -0.3 is 13.9 Å². The lowest BCUT2D eigenvalue weighted by Gasteiger charge is -2.33. The highest BCUT2D eigenvalue weighted by atomic mass is 16.3. The van der Waals surface area contributed by atoms with Crippen molar-refractivity contribution in [3.05, 3.63) is 180 Å². The van der Waals surface area contributed by atoms with Gasteiger partial charge in [0.25, 0.3) is 0 Å². The zero-order valence-corrected chi connectivity index (χ0v) is 25.9. The number of hydrogen-bond donors (Lipinski definition) is 0. The standard InChI is InChI=1S/C43H31N3O/c1-45-39(30-15-7-3-8-16-30)28-36(29-13-5-2-6-14-29)44-43(45)32-21-24-34(25-22-32)46-37-20-12-11-19-35(37)41-38(46)26-23-33-27-40(47-42(33)41)31-17-9-4-10-18-31/h2-28,39H,1H3. The first-order chi connectivity index (χ1) is 23.2. The van der Waals surface area contributed by atoms with E-state index >= 15 is 0 Å². The molecule has 1 aliphatic rings. The minimum absolute atomic E-state index is 0.0624. The van der Waals surface area contributed by atoms with Crippen LogP contribution in [0.25, 0.3) is 55.5 Å². The highest BCUT2D eigenvalue weighted by Crippen LogP contribution is 2.40. The van der Waals surface area contributed by atoms with Crippen LogP contribution in [0.5, 0.6) is 0 Å². The number of benzene rings is 6. The predicted molar refractivity (Wildman–Crippen MR) is 194 cm³/mol. The van der Waals surface area contributed by atoms with Crippen molar-refractivity contribution in [2.75, 3.05) is 7.05 Å². The molecule has 47 heavy (non-hydrogen) atoms. The molecular weight excluding hydrogens is 574 g/mol. The molecule has 0 radical (unpaired) electrons. The van der Waals surface area contributed by atoms with Gasteiger partial charge in [0.15, 0.2) is 0 Å². The molecule has 4 heteroatoms. The van der Waals surface area contributed by atoms with Crippen molar-refractivity contribution in [1.29, 1.82) is 0 Å². The molecule has 1 atom stereocenters. The summed E-state index contributed by atoms with van der Waals surface area (Å²) in [5.74, 6) is 1.82. The molecule has 0 fully saturated rings. The van der Waals surface area contributed by atoms with Crippen LogP contribution in [0, 0.1) is 0 Å². The molecule has 0 spiro atoms. The lowest BCUT2D eigenvalue weighted by molar-refractivity contribution is 0.435. The Bertz CT molecular complexity index is 2450. The Kier molecular flexibility index (Phi) is 6.39. The van der Waals surface area contributed by atoms with E-state index in [0.717, 1.165) is 67.1 Å². The fourth-order valence-corrected chi connectivity index (χ4v) is 6.96. The Hall–Kier alpha value is -6.13. The van der Waals surface area contributed by atoms with Crippen LogP contribution < -0.4 is 0 Å². The number of fused-ring (bicyclic) bond motifs is 5. The molecule has 0 bridgehead atoms. The smallest absolute Gasteiger partial charge is 0.144 e. The Morgan fingerprint density at radius 1 is 0.596 bits per heavy atom. The van der Waals surface area contributed by atoms with Crippen molar-refractivity contribution >= 4 is 44.3 Å². The minimum Gasteiger partial charge on any atom is -0.455 e. The highest BCUT2D eigenvalue weighted by molar-refractivity contribution is 6.20. The Labute approximate surface area is 273 Å². The Morgan fingerprint density at radius 2 is 1.26 bits per heavy atom. The van der Waals surface area contributed by atoms with E-state index < -0.39 is 0 Å². The molecule has 0 N–H and O–H groups in total. The van der Waals surface area contributed by atoms with E-state index in [0.29, 0.717) is 0 Å². The summed E-state index contributed by atoms with van der Waals surface area (Å²) in [7, 11) is 2.13. The predicted octanol–water partition coefficient (Wildman–Crippen LogP) is 10.7. The normalized spacial score (nSPS) is 14.9. The second kappa shape index (κ2) is 11.0. The summed E-state index contributed by atoms with van der Waals surface area (Å²) in [6, 6.07) is 55.4. The largest absolute Gasteiger partial charge is 0.455 e.